The summed E-state index contributed by atoms with van der Waals surface area (Å²) in [5.41, 5.74) is 2.08. The molecule has 0 bridgehead atoms. The fourth-order valence-electron chi connectivity index (χ4n) is 2.88. The lowest BCUT2D eigenvalue weighted by Gasteiger charge is -2.08. The smallest absolute Gasteiger partial charge is 0.261 e. The minimum Gasteiger partial charge on any atom is -0.350 e. The molecule has 4 nitrogen and oxygen atoms in total. The van der Waals surface area contributed by atoms with Gasteiger partial charge in [-0.3, -0.25) is 9.59 Å². The number of hydrogen-bond donors (Lipinski definition) is 2. The Morgan fingerprint density at radius 2 is 1.80 bits per heavy atom. The second kappa shape index (κ2) is 7.78. The number of aryl methyl sites for hydroxylation is 3. The molecule has 0 radical (unpaired) electrons. The van der Waals surface area contributed by atoms with Crippen LogP contribution >= 0.6 is 11.3 Å². The van der Waals surface area contributed by atoms with Crippen molar-refractivity contribution in [3.63, 3.8) is 0 Å². The molecule has 0 aliphatic heterocycles. The average Bonchev–Trinajstić information content (AvgIpc) is 3.05. The maximum Gasteiger partial charge on any atom is 0.261 e. The summed E-state index contributed by atoms with van der Waals surface area (Å²) in [5, 5.41) is 5.50. The topological polar surface area (TPSA) is 58.2 Å². The summed E-state index contributed by atoms with van der Waals surface area (Å²) in [5.74, 6) is -0.850. The molecule has 3 rings (SSSR count). The van der Waals surface area contributed by atoms with Crippen LogP contribution in [-0.2, 0) is 12.8 Å². The number of halogens is 1. The molecule has 132 valence electrons. The number of carbonyl (C=O) groups is 2. The zero-order valence-electron chi connectivity index (χ0n) is 14.2. The molecule has 2 amide bonds. The van der Waals surface area contributed by atoms with Gasteiger partial charge in [0.15, 0.2) is 0 Å². The van der Waals surface area contributed by atoms with Crippen molar-refractivity contribution in [3.8, 4) is 0 Å². The van der Waals surface area contributed by atoms with E-state index in [2.05, 4.69) is 10.6 Å². The number of carbonyl (C=O) groups excluding carboxylic acids is 2. The van der Waals surface area contributed by atoms with Crippen LogP contribution in [0.3, 0.4) is 0 Å². The predicted molar refractivity (Wildman–Crippen MR) is 96.8 cm³/mol. The largest absolute Gasteiger partial charge is 0.350 e. The molecule has 1 aromatic carbocycles. The Hall–Kier alpha value is -2.21. The molecule has 0 fully saturated rings. The molecule has 1 aliphatic carbocycles. The number of rotatable bonds is 5. The fraction of sp³-hybridized carbons (Fsp3) is 0.368. The van der Waals surface area contributed by atoms with Gasteiger partial charge >= 0.3 is 0 Å². The molecule has 6 heteroatoms. The van der Waals surface area contributed by atoms with Crippen LogP contribution in [0, 0.1) is 12.7 Å². The molecule has 0 unspecified atom stereocenters. The first-order valence-electron chi connectivity index (χ1n) is 8.49. The van der Waals surface area contributed by atoms with E-state index >= 15 is 0 Å². The van der Waals surface area contributed by atoms with Gasteiger partial charge in [-0.1, -0.05) is 6.07 Å². The summed E-state index contributed by atoms with van der Waals surface area (Å²) < 4.78 is 13.5. The highest BCUT2D eigenvalue weighted by atomic mass is 32.1. The Bertz CT molecular complexity index is 777. The average molecular weight is 360 g/mol. The van der Waals surface area contributed by atoms with Crippen molar-refractivity contribution in [3.05, 3.63) is 56.5 Å². The first kappa shape index (κ1) is 17.6. The van der Waals surface area contributed by atoms with Gasteiger partial charge in [0.1, 0.15) is 5.82 Å². The molecular weight excluding hydrogens is 339 g/mol. The SMILES string of the molecule is Cc1ccc(C(=O)NCCNC(=O)c2cc3c(s2)CCCC3)cc1F. The molecule has 1 aliphatic rings. The van der Waals surface area contributed by atoms with Gasteiger partial charge in [-0.05, 0) is 61.9 Å². The zero-order chi connectivity index (χ0) is 17.8. The van der Waals surface area contributed by atoms with Crippen LogP contribution in [-0.4, -0.2) is 24.9 Å². The molecule has 0 atom stereocenters. The number of amides is 2. The summed E-state index contributed by atoms with van der Waals surface area (Å²) in [4.78, 5) is 26.2. The highest BCUT2D eigenvalue weighted by Gasteiger charge is 2.17. The van der Waals surface area contributed by atoms with E-state index in [1.165, 1.54) is 29.3 Å². The van der Waals surface area contributed by atoms with Crippen molar-refractivity contribution < 1.29 is 14.0 Å². The van der Waals surface area contributed by atoms with Crippen LogP contribution in [0.4, 0.5) is 4.39 Å². The monoisotopic (exact) mass is 360 g/mol. The normalized spacial score (nSPS) is 13.2. The highest BCUT2D eigenvalue weighted by molar-refractivity contribution is 7.14. The van der Waals surface area contributed by atoms with Gasteiger partial charge in [-0.2, -0.15) is 0 Å². The number of benzene rings is 1. The molecule has 0 saturated heterocycles. The molecule has 1 heterocycles. The van der Waals surface area contributed by atoms with E-state index in [0.717, 1.165) is 17.7 Å². The summed E-state index contributed by atoms with van der Waals surface area (Å²) in [6.45, 7) is 2.28. The minimum absolute atomic E-state index is 0.102. The van der Waals surface area contributed by atoms with E-state index in [0.29, 0.717) is 18.7 Å². The van der Waals surface area contributed by atoms with Gasteiger partial charge in [-0.25, -0.2) is 4.39 Å². The number of nitrogens with one attached hydrogen (secondary N) is 2. The number of thiophene rings is 1. The van der Waals surface area contributed by atoms with Gasteiger partial charge in [0.2, 0.25) is 0 Å². The van der Waals surface area contributed by atoms with Crippen LogP contribution < -0.4 is 10.6 Å². The Morgan fingerprint density at radius 1 is 1.08 bits per heavy atom. The van der Waals surface area contributed by atoms with Crippen molar-refractivity contribution >= 4 is 23.2 Å². The van der Waals surface area contributed by atoms with E-state index in [9.17, 15) is 14.0 Å². The van der Waals surface area contributed by atoms with E-state index in [4.69, 9.17) is 0 Å². The molecule has 0 saturated carbocycles. The standard InChI is InChI=1S/C19H21FN2O2S/c1-12-6-7-14(10-15(12)20)18(23)21-8-9-22-19(24)17-11-13-4-2-3-5-16(13)25-17/h6-7,10-11H,2-5,8-9H2,1H3,(H,21,23)(H,22,24). The van der Waals surface area contributed by atoms with Crippen LogP contribution in [0.2, 0.25) is 0 Å². The van der Waals surface area contributed by atoms with Crippen LogP contribution in [0.1, 0.15) is 48.9 Å². The fourth-order valence-corrected chi connectivity index (χ4v) is 4.05. The Balaban J connectivity index is 1.46. The minimum atomic E-state index is -0.400. The number of hydrogen-bond acceptors (Lipinski definition) is 3. The summed E-state index contributed by atoms with van der Waals surface area (Å²) >= 11 is 1.57. The highest BCUT2D eigenvalue weighted by Crippen LogP contribution is 2.29. The first-order valence-corrected chi connectivity index (χ1v) is 9.30. The van der Waals surface area contributed by atoms with Gasteiger partial charge < -0.3 is 10.6 Å². The van der Waals surface area contributed by atoms with Crippen molar-refractivity contribution in [1.82, 2.24) is 10.6 Å². The predicted octanol–water partition coefficient (Wildman–Crippen LogP) is 3.23. The number of fused-ring (bicyclic) bond motifs is 1. The van der Waals surface area contributed by atoms with Crippen molar-refractivity contribution in [2.45, 2.75) is 32.6 Å². The molecule has 1 aromatic heterocycles. The third-order valence-electron chi connectivity index (χ3n) is 4.35. The second-order valence-electron chi connectivity index (χ2n) is 6.24. The van der Waals surface area contributed by atoms with E-state index in [1.807, 2.05) is 6.07 Å². The Morgan fingerprint density at radius 3 is 2.52 bits per heavy atom. The zero-order valence-corrected chi connectivity index (χ0v) is 15.0. The quantitative estimate of drug-likeness (QED) is 0.805. The van der Waals surface area contributed by atoms with Crippen LogP contribution in [0.5, 0.6) is 0 Å². The van der Waals surface area contributed by atoms with Gasteiger partial charge in [-0.15, -0.1) is 11.3 Å². The lowest BCUT2D eigenvalue weighted by Crippen LogP contribution is -2.34. The second-order valence-corrected chi connectivity index (χ2v) is 7.38. The van der Waals surface area contributed by atoms with Crippen LogP contribution in [0.25, 0.3) is 0 Å². The van der Waals surface area contributed by atoms with Crippen molar-refractivity contribution in [2.75, 3.05) is 13.1 Å². The molecule has 2 aromatic rings. The van der Waals surface area contributed by atoms with Crippen molar-refractivity contribution in [2.24, 2.45) is 0 Å². The molecular formula is C19H21FN2O2S. The maximum atomic E-state index is 13.5. The summed E-state index contributed by atoms with van der Waals surface area (Å²) in [6.07, 6.45) is 4.51. The Labute approximate surface area is 150 Å². The lowest BCUT2D eigenvalue weighted by molar-refractivity contribution is 0.0929. The first-order chi connectivity index (χ1) is 12.0. The Kier molecular flexibility index (Phi) is 5.48. The van der Waals surface area contributed by atoms with E-state index in [-0.39, 0.29) is 17.4 Å². The van der Waals surface area contributed by atoms with Gasteiger partial charge in [0.05, 0.1) is 4.88 Å². The summed E-state index contributed by atoms with van der Waals surface area (Å²) in [7, 11) is 0. The third-order valence-corrected chi connectivity index (χ3v) is 5.59. The molecule has 25 heavy (non-hydrogen) atoms. The van der Waals surface area contributed by atoms with E-state index < -0.39 is 5.82 Å². The van der Waals surface area contributed by atoms with E-state index in [1.54, 1.807) is 30.4 Å². The van der Waals surface area contributed by atoms with Gasteiger partial charge in [0, 0.05) is 23.5 Å². The summed E-state index contributed by atoms with van der Waals surface area (Å²) in [6, 6.07) is 6.37. The third kappa shape index (κ3) is 4.25. The maximum absolute atomic E-state index is 13.5. The molecule has 2 N–H and O–H groups in total. The van der Waals surface area contributed by atoms with Crippen molar-refractivity contribution in [1.29, 1.82) is 0 Å². The molecule has 0 spiro atoms. The van der Waals surface area contributed by atoms with Crippen LogP contribution in [0.15, 0.2) is 24.3 Å². The van der Waals surface area contributed by atoms with Gasteiger partial charge in [0.25, 0.3) is 11.8 Å². The lowest BCUT2D eigenvalue weighted by atomic mass is 9.99.